The van der Waals surface area contributed by atoms with Crippen molar-refractivity contribution in [3.8, 4) is 11.6 Å². The van der Waals surface area contributed by atoms with Crippen LogP contribution in [0, 0.1) is 0 Å². The second-order valence-corrected chi connectivity index (χ2v) is 4.92. The molecule has 0 saturated heterocycles. The molecule has 1 aromatic rings. The molecule has 0 amide bonds. The fourth-order valence-corrected chi connectivity index (χ4v) is 2.90. The van der Waals surface area contributed by atoms with Crippen LogP contribution in [0.3, 0.4) is 0 Å². The van der Waals surface area contributed by atoms with Gasteiger partial charge in [-0.2, -0.15) is 0 Å². The zero-order valence-corrected chi connectivity index (χ0v) is 8.29. The number of hydrogen-bond donors (Lipinski definition) is 0. The van der Waals surface area contributed by atoms with Crippen molar-refractivity contribution in [2.45, 2.75) is 0 Å². The third-order valence-corrected chi connectivity index (χ3v) is 3.71. The largest absolute Gasteiger partial charge is 0.433 e. The van der Waals surface area contributed by atoms with Crippen LogP contribution >= 0.6 is 19.2 Å². The minimum Gasteiger partial charge on any atom is -0.410 e. The highest BCUT2D eigenvalue weighted by molar-refractivity contribution is 7.55. The molecule has 1 unspecified atom stereocenters. The van der Waals surface area contributed by atoms with E-state index < -0.39 is 7.60 Å². The first-order valence-electron chi connectivity index (χ1n) is 3.73. The fraction of sp³-hybridized carbons (Fsp3) is 0.286. The Balaban J connectivity index is 2.27. The van der Waals surface area contributed by atoms with Gasteiger partial charge in [-0.1, -0.05) is 0 Å². The van der Waals surface area contributed by atoms with Crippen LogP contribution in [-0.4, -0.2) is 17.0 Å². The van der Waals surface area contributed by atoms with Crippen LogP contribution in [0.1, 0.15) is 0 Å². The summed E-state index contributed by atoms with van der Waals surface area (Å²) in [5, 5.41) is 0. The van der Waals surface area contributed by atoms with Gasteiger partial charge < -0.3 is 9.05 Å². The topological polar surface area (TPSA) is 48.4 Å². The summed E-state index contributed by atoms with van der Waals surface area (Å²) in [7, 11) is -3.05. The number of halogens is 1. The predicted octanol–water partition coefficient (Wildman–Crippen LogP) is 2.28. The van der Waals surface area contributed by atoms with E-state index in [1.54, 1.807) is 18.3 Å². The van der Waals surface area contributed by atoms with Gasteiger partial charge in [-0.15, -0.1) is 11.6 Å². The molecule has 0 aromatic carbocycles. The second kappa shape index (κ2) is 3.20. The maximum atomic E-state index is 11.7. The number of pyridine rings is 1. The average Bonchev–Trinajstić information content (AvgIpc) is 2.40. The van der Waals surface area contributed by atoms with E-state index in [2.05, 4.69) is 4.98 Å². The minimum atomic E-state index is -3.05. The standard InChI is InChI=1S/C7H7ClNO3P/c8-3-5-13(10)11-6-2-1-4-9-7(6)12-13/h1-2,4H,3,5H2. The van der Waals surface area contributed by atoms with Crippen LogP contribution in [-0.2, 0) is 4.57 Å². The molecule has 1 atom stereocenters. The number of hydrogen-bond acceptors (Lipinski definition) is 4. The van der Waals surface area contributed by atoms with Gasteiger partial charge >= 0.3 is 7.60 Å². The van der Waals surface area contributed by atoms with Gasteiger partial charge in [-0.05, 0) is 12.1 Å². The van der Waals surface area contributed by atoms with Crippen LogP contribution < -0.4 is 9.05 Å². The molecule has 2 heterocycles. The highest BCUT2D eigenvalue weighted by Gasteiger charge is 2.36. The lowest BCUT2D eigenvalue weighted by Gasteiger charge is -2.06. The van der Waals surface area contributed by atoms with E-state index in [1.165, 1.54) is 0 Å². The quantitative estimate of drug-likeness (QED) is 0.566. The predicted molar refractivity (Wildman–Crippen MR) is 48.7 cm³/mol. The van der Waals surface area contributed by atoms with Gasteiger partial charge in [0.2, 0.25) is 0 Å². The smallest absolute Gasteiger partial charge is 0.410 e. The van der Waals surface area contributed by atoms with Crippen molar-refractivity contribution in [3.63, 3.8) is 0 Å². The normalized spacial score (nSPS) is 24.7. The summed E-state index contributed by atoms with van der Waals surface area (Å²) in [6.07, 6.45) is 1.75. The van der Waals surface area contributed by atoms with Gasteiger partial charge in [0.15, 0.2) is 5.75 Å². The first-order chi connectivity index (χ1) is 6.23. The molecule has 0 aliphatic carbocycles. The van der Waals surface area contributed by atoms with E-state index in [0.717, 1.165) is 0 Å². The number of fused-ring (bicyclic) bond motifs is 1. The lowest BCUT2D eigenvalue weighted by Crippen LogP contribution is -1.98. The number of nitrogens with zero attached hydrogens (tertiary/aromatic N) is 1. The van der Waals surface area contributed by atoms with Crippen LogP contribution in [0.25, 0.3) is 0 Å². The molecule has 70 valence electrons. The summed E-state index contributed by atoms with van der Waals surface area (Å²) in [5.41, 5.74) is 0. The molecule has 1 aliphatic rings. The van der Waals surface area contributed by atoms with Crippen molar-refractivity contribution >= 4 is 19.2 Å². The van der Waals surface area contributed by atoms with Crippen molar-refractivity contribution in [3.05, 3.63) is 18.3 Å². The Morgan fingerprint density at radius 1 is 1.54 bits per heavy atom. The van der Waals surface area contributed by atoms with E-state index in [-0.39, 0.29) is 17.9 Å². The molecular formula is C7H7ClNO3P. The molecule has 6 heteroatoms. The Labute approximate surface area is 80.4 Å². The monoisotopic (exact) mass is 219 g/mol. The Morgan fingerprint density at radius 2 is 2.38 bits per heavy atom. The molecule has 0 radical (unpaired) electrons. The van der Waals surface area contributed by atoms with Crippen LogP contribution in [0.5, 0.6) is 11.6 Å². The summed E-state index contributed by atoms with van der Waals surface area (Å²) < 4.78 is 21.9. The molecule has 0 fully saturated rings. The van der Waals surface area contributed by atoms with Gasteiger partial charge in [0, 0.05) is 12.1 Å². The zero-order chi connectivity index (χ0) is 9.31. The summed E-state index contributed by atoms with van der Waals surface area (Å²) in [6.45, 7) is 0. The summed E-state index contributed by atoms with van der Waals surface area (Å²) in [6, 6.07) is 3.36. The molecule has 0 N–H and O–H groups in total. The SMILES string of the molecule is O=P1(CCCl)Oc2cccnc2O1. The average molecular weight is 220 g/mol. The molecule has 1 aliphatic heterocycles. The fourth-order valence-electron chi connectivity index (χ4n) is 1.01. The molecule has 0 saturated carbocycles. The van der Waals surface area contributed by atoms with Gasteiger partial charge in [0.25, 0.3) is 5.88 Å². The summed E-state index contributed by atoms with van der Waals surface area (Å²) in [5.74, 6) is 0.956. The molecule has 0 spiro atoms. The molecular weight excluding hydrogens is 213 g/mol. The molecule has 0 bridgehead atoms. The Kier molecular flexibility index (Phi) is 2.18. The van der Waals surface area contributed by atoms with E-state index in [1.807, 2.05) is 0 Å². The third kappa shape index (κ3) is 1.64. The molecule has 2 rings (SSSR count). The number of alkyl halides is 1. The molecule has 1 aromatic heterocycles. The van der Waals surface area contributed by atoms with Crippen molar-refractivity contribution < 1.29 is 13.6 Å². The Morgan fingerprint density at radius 3 is 3.08 bits per heavy atom. The highest BCUT2D eigenvalue weighted by atomic mass is 35.5. The van der Waals surface area contributed by atoms with Crippen molar-refractivity contribution in [1.29, 1.82) is 0 Å². The zero-order valence-electron chi connectivity index (χ0n) is 6.64. The molecule has 4 nitrogen and oxygen atoms in total. The van der Waals surface area contributed by atoms with Crippen molar-refractivity contribution in [2.24, 2.45) is 0 Å². The van der Waals surface area contributed by atoms with Crippen molar-refractivity contribution in [2.75, 3.05) is 12.0 Å². The van der Waals surface area contributed by atoms with E-state index in [4.69, 9.17) is 20.6 Å². The number of rotatable bonds is 2. The lowest BCUT2D eigenvalue weighted by molar-refractivity contribution is 0.430. The summed E-state index contributed by atoms with van der Waals surface area (Å²) >= 11 is 5.46. The van der Waals surface area contributed by atoms with Crippen LogP contribution in [0.4, 0.5) is 0 Å². The van der Waals surface area contributed by atoms with E-state index in [0.29, 0.717) is 5.75 Å². The highest BCUT2D eigenvalue weighted by Crippen LogP contribution is 2.56. The van der Waals surface area contributed by atoms with Crippen LogP contribution in [0.15, 0.2) is 18.3 Å². The Bertz CT molecular complexity index is 342. The first-order valence-corrected chi connectivity index (χ1v) is 5.99. The maximum Gasteiger partial charge on any atom is 0.433 e. The van der Waals surface area contributed by atoms with Gasteiger partial charge in [-0.25, -0.2) is 9.55 Å². The number of aromatic nitrogens is 1. The van der Waals surface area contributed by atoms with Gasteiger partial charge in [0.05, 0.1) is 6.16 Å². The third-order valence-electron chi connectivity index (χ3n) is 1.56. The van der Waals surface area contributed by atoms with Gasteiger partial charge in [0.1, 0.15) is 0 Å². The minimum absolute atomic E-state index is 0.199. The van der Waals surface area contributed by atoms with Gasteiger partial charge in [-0.3, -0.25) is 0 Å². The van der Waals surface area contributed by atoms with Crippen molar-refractivity contribution in [1.82, 2.24) is 4.98 Å². The first kappa shape index (κ1) is 8.85. The maximum absolute atomic E-state index is 11.7. The summed E-state index contributed by atoms with van der Waals surface area (Å²) in [4.78, 5) is 3.87. The van der Waals surface area contributed by atoms with E-state index >= 15 is 0 Å². The Hall–Kier alpha value is -0.730. The van der Waals surface area contributed by atoms with E-state index in [9.17, 15) is 4.57 Å². The lowest BCUT2D eigenvalue weighted by atomic mass is 10.4. The molecule has 13 heavy (non-hydrogen) atoms. The second-order valence-electron chi connectivity index (χ2n) is 2.51. The van der Waals surface area contributed by atoms with Crippen LogP contribution in [0.2, 0.25) is 0 Å².